The van der Waals surface area contributed by atoms with Crippen LogP contribution in [-0.4, -0.2) is 32.8 Å². The Hall–Kier alpha value is -2.37. The Morgan fingerprint density at radius 3 is 2.67 bits per heavy atom. The van der Waals surface area contributed by atoms with E-state index in [0.29, 0.717) is 6.42 Å². The van der Waals surface area contributed by atoms with Crippen molar-refractivity contribution in [2.45, 2.75) is 26.3 Å². The van der Waals surface area contributed by atoms with Gasteiger partial charge in [0, 0.05) is 30.4 Å². The zero-order chi connectivity index (χ0) is 15.6. The second kappa shape index (κ2) is 5.95. The second-order valence-corrected chi connectivity index (χ2v) is 5.22. The van der Waals surface area contributed by atoms with Gasteiger partial charge in [-0.3, -0.25) is 14.3 Å². The lowest BCUT2D eigenvalue weighted by atomic mass is 10.1. The fourth-order valence-corrected chi connectivity index (χ4v) is 2.41. The lowest BCUT2D eigenvalue weighted by Gasteiger charge is -2.10. The molecule has 0 spiro atoms. The first kappa shape index (κ1) is 15.0. The van der Waals surface area contributed by atoms with E-state index in [1.54, 1.807) is 22.9 Å². The van der Waals surface area contributed by atoms with Crippen LogP contribution in [0.2, 0.25) is 0 Å². The van der Waals surface area contributed by atoms with Gasteiger partial charge in [-0.05, 0) is 26.3 Å². The fraction of sp³-hybridized carbons (Fsp3) is 0.400. The first-order valence-electron chi connectivity index (χ1n) is 6.78. The molecule has 6 heteroatoms. The summed E-state index contributed by atoms with van der Waals surface area (Å²) >= 11 is 0. The molecule has 0 fully saturated rings. The van der Waals surface area contributed by atoms with E-state index >= 15 is 0 Å². The monoisotopic (exact) mass is 289 g/mol. The molecule has 21 heavy (non-hydrogen) atoms. The van der Waals surface area contributed by atoms with Crippen LogP contribution in [0.15, 0.2) is 18.2 Å². The van der Waals surface area contributed by atoms with Gasteiger partial charge in [0.25, 0.3) is 0 Å². The molecule has 1 aliphatic rings. The van der Waals surface area contributed by atoms with E-state index in [4.69, 9.17) is 5.11 Å². The molecule has 0 aromatic carbocycles. The molecular formula is C15H19N3O3. The molecule has 112 valence electrons. The van der Waals surface area contributed by atoms with Crippen molar-refractivity contribution in [3.05, 3.63) is 35.2 Å². The van der Waals surface area contributed by atoms with Crippen LogP contribution in [-0.2, 0) is 16.6 Å². The SMILES string of the molecule is Cc1nn(C)c(C)c1C=CC(=O)NC1C=CC(C(=O)O)C1. The Labute approximate surface area is 123 Å². The lowest BCUT2D eigenvalue weighted by Crippen LogP contribution is -2.31. The van der Waals surface area contributed by atoms with Crippen molar-refractivity contribution in [2.24, 2.45) is 13.0 Å². The van der Waals surface area contributed by atoms with Crippen LogP contribution >= 0.6 is 0 Å². The number of hydrogen-bond donors (Lipinski definition) is 2. The highest BCUT2D eigenvalue weighted by atomic mass is 16.4. The van der Waals surface area contributed by atoms with Crippen LogP contribution in [0.4, 0.5) is 0 Å². The third kappa shape index (κ3) is 3.39. The number of carbonyl (C=O) groups excluding carboxylic acids is 1. The molecule has 2 unspecified atom stereocenters. The fourth-order valence-electron chi connectivity index (χ4n) is 2.41. The average Bonchev–Trinajstić information content (AvgIpc) is 2.95. The molecule has 0 radical (unpaired) electrons. The molecule has 2 atom stereocenters. The van der Waals surface area contributed by atoms with Gasteiger partial charge in [0.05, 0.1) is 11.6 Å². The normalized spacial score (nSPS) is 21.1. The third-order valence-electron chi connectivity index (χ3n) is 3.69. The highest BCUT2D eigenvalue weighted by Crippen LogP contribution is 2.18. The summed E-state index contributed by atoms with van der Waals surface area (Å²) in [7, 11) is 1.86. The molecule has 2 N–H and O–H groups in total. The molecular weight excluding hydrogens is 270 g/mol. The minimum Gasteiger partial charge on any atom is -0.481 e. The number of carboxylic acid groups (broad SMARTS) is 1. The number of amides is 1. The maximum atomic E-state index is 11.9. The molecule has 0 saturated carbocycles. The summed E-state index contributed by atoms with van der Waals surface area (Å²) in [5, 5.41) is 15.9. The Morgan fingerprint density at radius 2 is 2.14 bits per heavy atom. The number of aromatic nitrogens is 2. The van der Waals surface area contributed by atoms with Crippen LogP contribution in [0, 0.1) is 19.8 Å². The van der Waals surface area contributed by atoms with Crippen LogP contribution < -0.4 is 5.32 Å². The molecule has 0 saturated heterocycles. The van der Waals surface area contributed by atoms with Crippen molar-refractivity contribution in [3.8, 4) is 0 Å². The van der Waals surface area contributed by atoms with Crippen molar-refractivity contribution in [1.29, 1.82) is 0 Å². The number of carboxylic acids is 1. The summed E-state index contributed by atoms with van der Waals surface area (Å²) in [6.07, 6.45) is 6.94. The standard InChI is InChI=1S/C15H19N3O3/c1-9-13(10(2)18(3)17-9)6-7-14(19)16-12-5-4-11(8-12)15(20)21/h4-7,11-12H,8H2,1-3H3,(H,16,19)(H,20,21). The molecule has 0 bridgehead atoms. The van der Waals surface area contributed by atoms with Crippen molar-refractivity contribution >= 4 is 18.0 Å². The number of aliphatic carboxylic acids is 1. The topological polar surface area (TPSA) is 84.2 Å². The van der Waals surface area contributed by atoms with Gasteiger partial charge in [-0.1, -0.05) is 12.2 Å². The van der Waals surface area contributed by atoms with E-state index in [2.05, 4.69) is 10.4 Å². The van der Waals surface area contributed by atoms with Gasteiger partial charge in [-0.2, -0.15) is 5.10 Å². The van der Waals surface area contributed by atoms with E-state index in [-0.39, 0.29) is 11.9 Å². The highest BCUT2D eigenvalue weighted by Gasteiger charge is 2.24. The van der Waals surface area contributed by atoms with E-state index in [1.807, 2.05) is 20.9 Å². The number of hydrogen-bond acceptors (Lipinski definition) is 3. The third-order valence-corrected chi connectivity index (χ3v) is 3.69. The van der Waals surface area contributed by atoms with Crippen LogP contribution in [0.5, 0.6) is 0 Å². The number of aryl methyl sites for hydroxylation is 2. The molecule has 1 amide bonds. The zero-order valence-corrected chi connectivity index (χ0v) is 12.3. The van der Waals surface area contributed by atoms with Gasteiger partial charge >= 0.3 is 5.97 Å². The Balaban J connectivity index is 1.95. The van der Waals surface area contributed by atoms with Crippen LogP contribution in [0.3, 0.4) is 0 Å². The summed E-state index contributed by atoms with van der Waals surface area (Å²) < 4.78 is 1.77. The predicted octanol–water partition coefficient (Wildman–Crippen LogP) is 1.20. The Bertz CT molecular complexity index is 628. The maximum Gasteiger partial charge on any atom is 0.310 e. The molecule has 6 nitrogen and oxygen atoms in total. The predicted molar refractivity (Wildman–Crippen MR) is 78.5 cm³/mol. The summed E-state index contributed by atoms with van der Waals surface area (Å²) in [5.74, 6) is -1.61. The quantitative estimate of drug-likeness (QED) is 0.644. The molecule has 1 aromatic rings. The number of nitrogens with one attached hydrogen (secondary N) is 1. The van der Waals surface area contributed by atoms with E-state index in [0.717, 1.165) is 17.0 Å². The lowest BCUT2D eigenvalue weighted by molar-refractivity contribution is -0.140. The largest absolute Gasteiger partial charge is 0.481 e. The van der Waals surface area contributed by atoms with Gasteiger partial charge < -0.3 is 10.4 Å². The van der Waals surface area contributed by atoms with Crippen molar-refractivity contribution in [2.75, 3.05) is 0 Å². The van der Waals surface area contributed by atoms with Crippen LogP contribution in [0.1, 0.15) is 23.4 Å². The van der Waals surface area contributed by atoms with Crippen molar-refractivity contribution in [3.63, 3.8) is 0 Å². The van der Waals surface area contributed by atoms with Gasteiger partial charge in [0.1, 0.15) is 0 Å². The molecule has 1 aromatic heterocycles. The maximum absolute atomic E-state index is 11.9. The Kier molecular flexibility index (Phi) is 4.26. The minimum atomic E-state index is -0.861. The van der Waals surface area contributed by atoms with Crippen molar-refractivity contribution in [1.82, 2.24) is 15.1 Å². The van der Waals surface area contributed by atoms with Gasteiger partial charge in [0.2, 0.25) is 5.91 Å². The second-order valence-electron chi connectivity index (χ2n) is 5.22. The number of rotatable bonds is 4. The molecule has 0 aliphatic heterocycles. The highest BCUT2D eigenvalue weighted by molar-refractivity contribution is 5.92. The summed E-state index contributed by atoms with van der Waals surface area (Å²) in [5.41, 5.74) is 2.78. The first-order valence-corrected chi connectivity index (χ1v) is 6.78. The van der Waals surface area contributed by atoms with Gasteiger partial charge in [-0.25, -0.2) is 0 Å². The van der Waals surface area contributed by atoms with Gasteiger partial charge in [0.15, 0.2) is 0 Å². The van der Waals surface area contributed by atoms with E-state index < -0.39 is 11.9 Å². The van der Waals surface area contributed by atoms with Gasteiger partial charge in [-0.15, -0.1) is 0 Å². The summed E-state index contributed by atoms with van der Waals surface area (Å²) in [6.45, 7) is 3.83. The first-order chi connectivity index (χ1) is 9.88. The molecule has 1 heterocycles. The molecule has 2 rings (SSSR count). The molecule has 1 aliphatic carbocycles. The minimum absolute atomic E-state index is 0.223. The smallest absolute Gasteiger partial charge is 0.310 e. The van der Waals surface area contributed by atoms with Crippen LogP contribution in [0.25, 0.3) is 6.08 Å². The number of nitrogens with zero attached hydrogens (tertiary/aromatic N) is 2. The summed E-state index contributed by atoms with van der Waals surface area (Å²) in [6, 6.07) is -0.223. The number of carbonyl (C=O) groups is 2. The van der Waals surface area contributed by atoms with E-state index in [1.165, 1.54) is 6.08 Å². The van der Waals surface area contributed by atoms with E-state index in [9.17, 15) is 9.59 Å². The van der Waals surface area contributed by atoms with Crippen molar-refractivity contribution < 1.29 is 14.7 Å². The Morgan fingerprint density at radius 1 is 1.43 bits per heavy atom. The summed E-state index contributed by atoms with van der Waals surface area (Å²) in [4.78, 5) is 22.7. The average molecular weight is 289 g/mol. The zero-order valence-electron chi connectivity index (χ0n) is 12.3.